The molecule has 0 saturated carbocycles. The number of hydrogen-bond donors (Lipinski definition) is 1. The van der Waals surface area contributed by atoms with Crippen LogP contribution in [0.5, 0.6) is 0 Å². The fourth-order valence-electron chi connectivity index (χ4n) is 2.00. The maximum atomic E-state index is 12.1. The van der Waals surface area contributed by atoms with Crippen molar-refractivity contribution < 1.29 is 9.53 Å². The molecular weight excluding hydrogens is 334 g/mol. The molecule has 21 heavy (non-hydrogen) atoms. The number of benzene rings is 1. The molecular formula is C15H18BrN3O2. The first kappa shape index (κ1) is 15.6. The maximum Gasteiger partial charge on any atom is 0.339 e. The highest BCUT2D eigenvalue weighted by Crippen LogP contribution is 2.24. The quantitative estimate of drug-likeness (QED) is 0.663. The summed E-state index contributed by atoms with van der Waals surface area (Å²) in [7, 11) is 0. The number of nitrogens with zero attached hydrogens (tertiary/aromatic N) is 2. The molecule has 0 spiro atoms. The molecule has 5 nitrogen and oxygen atoms in total. The number of nitrogens with two attached hydrogens (primary N) is 1. The minimum Gasteiger partial charge on any atom is -0.456 e. The van der Waals surface area contributed by atoms with E-state index in [0.29, 0.717) is 15.7 Å². The number of hydrogen-bond acceptors (Lipinski definition) is 4. The molecule has 0 unspecified atom stereocenters. The average molecular weight is 352 g/mol. The van der Waals surface area contributed by atoms with Gasteiger partial charge in [-0.25, -0.2) is 4.79 Å². The fourth-order valence-corrected chi connectivity index (χ4v) is 2.43. The van der Waals surface area contributed by atoms with Crippen molar-refractivity contribution >= 4 is 27.6 Å². The fraction of sp³-hybridized carbons (Fsp3) is 0.333. The van der Waals surface area contributed by atoms with Crippen LogP contribution in [0.1, 0.15) is 35.6 Å². The minimum absolute atomic E-state index is 0.195. The van der Waals surface area contributed by atoms with Gasteiger partial charge in [0.15, 0.2) is 0 Å². The van der Waals surface area contributed by atoms with E-state index in [-0.39, 0.29) is 6.61 Å². The van der Waals surface area contributed by atoms with Gasteiger partial charge in [0.1, 0.15) is 6.61 Å². The van der Waals surface area contributed by atoms with E-state index in [1.165, 1.54) is 0 Å². The molecule has 0 fully saturated rings. The Morgan fingerprint density at radius 3 is 2.86 bits per heavy atom. The highest BCUT2D eigenvalue weighted by Gasteiger charge is 2.14. The lowest BCUT2D eigenvalue weighted by molar-refractivity contribution is 0.0461. The van der Waals surface area contributed by atoms with E-state index in [1.54, 1.807) is 18.2 Å². The number of aromatic nitrogens is 2. The SMILES string of the molecule is CCc1cc(COC(=O)c2cccc(N)c2Br)n(CC)n1. The topological polar surface area (TPSA) is 70.1 Å². The highest BCUT2D eigenvalue weighted by molar-refractivity contribution is 9.10. The first-order chi connectivity index (χ1) is 10.1. The molecule has 2 rings (SSSR count). The number of rotatable bonds is 5. The second kappa shape index (κ2) is 6.76. The van der Waals surface area contributed by atoms with Crippen molar-refractivity contribution in [3.05, 3.63) is 45.7 Å². The van der Waals surface area contributed by atoms with Crippen molar-refractivity contribution in [3.63, 3.8) is 0 Å². The Bertz CT molecular complexity index is 652. The van der Waals surface area contributed by atoms with Crippen molar-refractivity contribution in [3.8, 4) is 0 Å². The first-order valence-electron chi connectivity index (χ1n) is 6.83. The monoisotopic (exact) mass is 351 g/mol. The number of carbonyl (C=O) groups excluding carboxylic acids is 1. The molecule has 1 heterocycles. The van der Waals surface area contributed by atoms with Crippen LogP contribution in [-0.2, 0) is 24.3 Å². The second-order valence-corrected chi connectivity index (χ2v) is 5.37. The van der Waals surface area contributed by atoms with Gasteiger partial charge in [-0.2, -0.15) is 5.10 Å². The van der Waals surface area contributed by atoms with Gasteiger partial charge in [0.2, 0.25) is 0 Å². The van der Waals surface area contributed by atoms with Gasteiger partial charge >= 0.3 is 5.97 Å². The van der Waals surface area contributed by atoms with Crippen molar-refractivity contribution in [1.82, 2.24) is 9.78 Å². The molecule has 0 radical (unpaired) electrons. The summed E-state index contributed by atoms with van der Waals surface area (Å²) in [5, 5.41) is 4.43. The van der Waals surface area contributed by atoms with Gasteiger partial charge in [0, 0.05) is 12.2 Å². The molecule has 6 heteroatoms. The van der Waals surface area contributed by atoms with Gasteiger partial charge < -0.3 is 10.5 Å². The van der Waals surface area contributed by atoms with E-state index in [0.717, 1.165) is 24.4 Å². The second-order valence-electron chi connectivity index (χ2n) is 4.58. The molecule has 0 aliphatic rings. The van der Waals surface area contributed by atoms with Gasteiger partial charge in [-0.15, -0.1) is 0 Å². The highest BCUT2D eigenvalue weighted by atomic mass is 79.9. The van der Waals surface area contributed by atoms with Crippen molar-refractivity contribution in [2.45, 2.75) is 33.4 Å². The molecule has 1 aromatic heterocycles. The summed E-state index contributed by atoms with van der Waals surface area (Å²) in [6, 6.07) is 7.09. The predicted molar refractivity (Wildman–Crippen MR) is 85.0 cm³/mol. The van der Waals surface area contributed by atoms with Gasteiger partial charge in [0.05, 0.1) is 21.4 Å². The number of esters is 1. The zero-order chi connectivity index (χ0) is 15.4. The molecule has 2 N–H and O–H groups in total. The zero-order valence-electron chi connectivity index (χ0n) is 12.1. The van der Waals surface area contributed by atoms with E-state index >= 15 is 0 Å². The molecule has 1 aromatic carbocycles. The van der Waals surface area contributed by atoms with Crippen LogP contribution in [0.3, 0.4) is 0 Å². The minimum atomic E-state index is -0.406. The summed E-state index contributed by atoms with van der Waals surface area (Å²) in [6.07, 6.45) is 0.856. The number of carbonyl (C=O) groups is 1. The predicted octanol–water partition coefficient (Wildman–Crippen LogP) is 3.17. The Kier molecular flexibility index (Phi) is 5.01. The van der Waals surface area contributed by atoms with E-state index < -0.39 is 5.97 Å². The zero-order valence-corrected chi connectivity index (χ0v) is 13.7. The van der Waals surface area contributed by atoms with Crippen molar-refractivity contribution in [1.29, 1.82) is 0 Å². The number of ether oxygens (including phenoxy) is 1. The van der Waals surface area contributed by atoms with E-state index in [4.69, 9.17) is 10.5 Å². The van der Waals surface area contributed by atoms with E-state index in [9.17, 15) is 4.79 Å². The van der Waals surface area contributed by atoms with Gasteiger partial charge in [0.25, 0.3) is 0 Å². The van der Waals surface area contributed by atoms with E-state index in [2.05, 4.69) is 21.0 Å². The van der Waals surface area contributed by atoms with Crippen LogP contribution < -0.4 is 5.73 Å². The van der Waals surface area contributed by atoms with E-state index in [1.807, 2.05) is 24.6 Å². The van der Waals surface area contributed by atoms with Gasteiger partial charge in [-0.3, -0.25) is 4.68 Å². The number of aryl methyl sites for hydroxylation is 2. The standard InChI is InChI=1S/C15H18BrN3O2/c1-3-10-8-11(19(4-2)18-10)9-21-15(20)12-6-5-7-13(17)14(12)16/h5-8H,3-4,9,17H2,1-2H3. The summed E-state index contributed by atoms with van der Waals surface area (Å²) in [5.74, 6) is -0.406. The Labute approximate surface area is 132 Å². The van der Waals surface area contributed by atoms with Crippen LogP contribution in [0, 0.1) is 0 Å². The summed E-state index contributed by atoms with van der Waals surface area (Å²) in [5.41, 5.74) is 8.58. The third-order valence-electron chi connectivity index (χ3n) is 3.18. The summed E-state index contributed by atoms with van der Waals surface area (Å²) >= 11 is 3.31. The first-order valence-corrected chi connectivity index (χ1v) is 7.62. The third kappa shape index (κ3) is 3.44. The number of halogens is 1. The van der Waals surface area contributed by atoms with Crippen LogP contribution in [-0.4, -0.2) is 15.7 Å². The van der Waals surface area contributed by atoms with Crippen molar-refractivity contribution in [2.24, 2.45) is 0 Å². The van der Waals surface area contributed by atoms with Crippen LogP contribution in [0.15, 0.2) is 28.7 Å². The Morgan fingerprint density at radius 2 is 2.19 bits per heavy atom. The lowest BCUT2D eigenvalue weighted by Gasteiger charge is -2.08. The number of nitrogen functional groups attached to an aromatic ring is 1. The molecule has 0 saturated heterocycles. The molecule has 0 atom stereocenters. The van der Waals surface area contributed by atoms with Crippen molar-refractivity contribution in [2.75, 3.05) is 5.73 Å². The maximum absolute atomic E-state index is 12.1. The average Bonchev–Trinajstić information content (AvgIpc) is 2.90. The Balaban J connectivity index is 2.11. The van der Waals surface area contributed by atoms with Crippen LogP contribution in [0.4, 0.5) is 5.69 Å². The third-order valence-corrected chi connectivity index (χ3v) is 4.06. The van der Waals surface area contributed by atoms with Crippen LogP contribution >= 0.6 is 15.9 Å². The summed E-state index contributed by atoms with van der Waals surface area (Å²) in [4.78, 5) is 12.1. The largest absolute Gasteiger partial charge is 0.456 e. The summed E-state index contributed by atoms with van der Waals surface area (Å²) < 4.78 is 7.78. The Hall–Kier alpha value is -1.82. The van der Waals surface area contributed by atoms with Crippen LogP contribution in [0.2, 0.25) is 0 Å². The molecule has 0 aliphatic heterocycles. The van der Waals surface area contributed by atoms with Gasteiger partial charge in [-0.05, 0) is 47.5 Å². The van der Waals surface area contributed by atoms with Crippen LogP contribution in [0.25, 0.3) is 0 Å². The molecule has 2 aromatic rings. The smallest absolute Gasteiger partial charge is 0.339 e. The molecule has 0 aliphatic carbocycles. The molecule has 0 bridgehead atoms. The molecule has 112 valence electrons. The Morgan fingerprint density at radius 1 is 1.43 bits per heavy atom. The molecule has 0 amide bonds. The lowest BCUT2D eigenvalue weighted by atomic mass is 10.2. The number of anilines is 1. The normalized spacial score (nSPS) is 10.6. The lowest BCUT2D eigenvalue weighted by Crippen LogP contribution is -2.10. The van der Waals surface area contributed by atoms with Gasteiger partial charge in [-0.1, -0.05) is 13.0 Å². The summed E-state index contributed by atoms with van der Waals surface area (Å²) in [6.45, 7) is 4.99.